The van der Waals surface area contributed by atoms with Crippen molar-refractivity contribution in [2.24, 2.45) is 5.73 Å². The van der Waals surface area contributed by atoms with Gasteiger partial charge >= 0.3 is 6.18 Å². The summed E-state index contributed by atoms with van der Waals surface area (Å²) >= 11 is 0. The Hall–Kier alpha value is -2.56. The quantitative estimate of drug-likeness (QED) is 0.777. The summed E-state index contributed by atoms with van der Waals surface area (Å²) in [4.78, 5) is 14.2. The van der Waals surface area contributed by atoms with Crippen LogP contribution in [0.15, 0.2) is 18.2 Å². The van der Waals surface area contributed by atoms with Crippen molar-refractivity contribution in [1.29, 1.82) is 0 Å². The van der Waals surface area contributed by atoms with Gasteiger partial charge in [0, 0.05) is 25.0 Å². The van der Waals surface area contributed by atoms with Crippen molar-refractivity contribution in [1.82, 2.24) is 19.7 Å². The highest BCUT2D eigenvalue weighted by Crippen LogP contribution is 2.34. The van der Waals surface area contributed by atoms with E-state index in [0.29, 0.717) is 0 Å². The van der Waals surface area contributed by atoms with E-state index < -0.39 is 47.7 Å². The van der Waals surface area contributed by atoms with Crippen LogP contribution < -0.4 is 5.73 Å². The van der Waals surface area contributed by atoms with Gasteiger partial charge in [-0.05, 0) is 44.0 Å². The Morgan fingerprint density at radius 3 is 2.62 bits per heavy atom. The largest absolute Gasteiger partial charge is 0.451 e. The van der Waals surface area contributed by atoms with Crippen LogP contribution in [0.4, 0.5) is 22.0 Å². The molecular weight excluding hydrogens is 397 g/mol. The third kappa shape index (κ3) is 4.24. The number of fused-ring (bicyclic) bond motifs is 1. The first-order valence-electron chi connectivity index (χ1n) is 9.00. The number of carbonyl (C=O) groups excluding carboxylic acids is 1. The van der Waals surface area contributed by atoms with Gasteiger partial charge in [-0.15, -0.1) is 10.2 Å². The number of hydrogen-bond donors (Lipinski definition) is 1. The van der Waals surface area contributed by atoms with Crippen LogP contribution in [0.2, 0.25) is 0 Å². The molecule has 2 N–H and O–H groups in total. The molecule has 1 aromatic carbocycles. The number of benzene rings is 1. The van der Waals surface area contributed by atoms with Crippen molar-refractivity contribution < 1.29 is 26.7 Å². The number of alkyl halides is 3. The fraction of sp³-hybridized carbons (Fsp3) is 0.500. The van der Waals surface area contributed by atoms with Crippen LogP contribution in [0.25, 0.3) is 0 Å². The summed E-state index contributed by atoms with van der Waals surface area (Å²) in [5.74, 6) is -2.71. The molecule has 3 atom stereocenters. The maximum absolute atomic E-state index is 13.8. The second kappa shape index (κ2) is 7.69. The van der Waals surface area contributed by atoms with Crippen LogP contribution >= 0.6 is 0 Å². The van der Waals surface area contributed by atoms with Crippen LogP contribution in [0.3, 0.4) is 0 Å². The molecule has 3 rings (SSSR count). The van der Waals surface area contributed by atoms with E-state index in [0.717, 1.165) is 22.8 Å². The Bertz CT molecular complexity index is 913. The highest BCUT2D eigenvalue weighted by molar-refractivity contribution is 5.77. The summed E-state index contributed by atoms with van der Waals surface area (Å²) in [5, 5.41) is 6.85. The van der Waals surface area contributed by atoms with Crippen molar-refractivity contribution in [2.75, 3.05) is 0 Å². The van der Waals surface area contributed by atoms with Crippen LogP contribution in [-0.2, 0) is 23.9 Å². The van der Waals surface area contributed by atoms with Crippen molar-refractivity contribution in [3.05, 3.63) is 47.0 Å². The molecule has 1 aliphatic heterocycles. The molecular formula is C18H20F5N5O. The van der Waals surface area contributed by atoms with E-state index in [9.17, 15) is 26.7 Å². The minimum absolute atomic E-state index is 0.0357. The molecule has 3 unspecified atom stereocenters. The molecule has 158 valence electrons. The Labute approximate surface area is 163 Å². The Kier molecular flexibility index (Phi) is 5.61. The van der Waals surface area contributed by atoms with E-state index in [2.05, 4.69) is 10.2 Å². The number of hydrogen-bond acceptors (Lipinski definition) is 4. The van der Waals surface area contributed by atoms with E-state index in [1.165, 1.54) is 4.90 Å². The standard InChI is InChI=1S/C18H20F5N5O/c1-9-8-27-16(25-26-17(27)18(21,22)23)10(2)28(9)15(29)7-13(24)6-11-5-12(19)3-4-14(11)20/h3-5,9-10,13H,6-8,24H2,1-2H3. The van der Waals surface area contributed by atoms with Crippen molar-refractivity contribution in [2.45, 2.75) is 57.5 Å². The number of rotatable bonds is 4. The first-order valence-corrected chi connectivity index (χ1v) is 9.00. The molecule has 0 fully saturated rings. The highest BCUT2D eigenvalue weighted by atomic mass is 19.4. The third-order valence-corrected chi connectivity index (χ3v) is 4.96. The van der Waals surface area contributed by atoms with Crippen LogP contribution in [-0.4, -0.2) is 37.7 Å². The molecule has 2 aromatic rings. The van der Waals surface area contributed by atoms with Gasteiger partial charge in [-0.1, -0.05) is 0 Å². The summed E-state index contributed by atoms with van der Waals surface area (Å²) < 4.78 is 67.3. The van der Waals surface area contributed by atoms with Gasteiger partial charge in [0.2, 0.25) is 11.7 Å². The van der Waals surface area contributed by atoms with E-state index in [4.69, 9.17) is 5.73 Å². The lowest BCUT2D eigenvalue weighted by Gasteiger charge is -2.39. The van der Waals surface area contributed by atoms with Gasteiger partial charge in [0.1, 0.15) is 11.6 Å². The molecule has 1 aromatic heterocycles. The first kappa shape index (κ1) is 21.2. The molecule has 2 heterocycles. The highest BCUT2D eigenvalue weighted by Gasteiger charge is 2.43. The predicted molar refractivity (Wildman–Crippen MR) is 92.4 cm³/mol. The Morgan fingerprint density at radius 2 is 1.97 bits per heavy atom. The minimum Gasteiger partial charge on any atom is -0.328 e. The van der Waals surface area contributed by atoms with E-state index in [1.54, 1.807) is 13.8 Å². The SMILES string of the molecule is CC1Cn2c(nnc2C(F)(F)F)C(C)N1C(=O)CC(N)Cc1cc(F)ccc1F. The van der Waals surface area contributed by atoms with Crippen LogP contribution in [0.1, 0.15) is 43.5 Å². The van der Waals surface area contributed by atoms with Crippen LogP contribution in [0.5, 0.6) is 0 Å². The molecule has 0 saturated carbocycles. The summed E-state index contributed by atoms with van der Waals surface area (Å²) in [6.07, 6.45) is -4.88. The molecule has 0 saturated heterocycles. The first-order chi connectivity index (χ1) is 13.5. The smallest absolute Gasteiger partial charge is 0.328 e. The Balaban J connectivity index is 1.74. The fourth-order valence-electron chi connectivity index (χ4n) is 3.72. The minimum atomic E-state index is -4.64. The molecule has 0 aliphatic carbocycles. The zero-order valence-corrected chi connectivity index (χ0v) is 15.7. The number of amides is 1. The van der Waals surface area contributed by atoms with Gasteiger partial charge < -0.3 is 15.2 Å². The topological polar surface area (TPSA) is 77.0 Å². The Morgan fingerprint density at radius 1 is 1.28 bits per heavy atom. The number of aromatic nitrogens is 3. The summed E-state index contributed by atoms with van der Waals surface area (Å²) in [7, 11) is 0. The molecule has 0 spiro atoms. The molecule has 1 aliphatic rings. The molecule has 11 heteroatoms. The predicted octanol–water partition coefficient (Wildman–Crippen LogP) is 2.83. The van der Waals surface area contributed by atoms with Gasteiger partial charge in [-0.2, -0.15) is 13.2 Å². The van der Waals surface area contributed by atoms with Gasteiger partial charge in [0.25, 0.3) is 0 Å². The number of halogens is 5. The number of nitrogens with zero attached hydrogens (tertiary/aromatic N) is 4. The molecule has 0 bridgehead atoms. The molecule has 6 nitrogen and oxygen atoms in total. The molecule has 29 heavy (non-hydrogen) atoms. The van der Waals surface area contributed by atoms with E-state index in [1.807, 2.05) is 0 Å². The van der Waals surface area contributed by atoms with Crippen LogP contribution in [0, 0.1) is 11.6 Å². The number of nitrogens with two attached hydrogens (primary N) is 1. The maximum atomic E-state index is 13.8. The molecule has 1 amide bonds. The summed E-state index contributed by atoms with van der Waals surface area (Å²) in [6.45, 7) is 3.07. The average Bonchev–Trinajstić information content (AvgIpc) is 3.02. The second-order valence-electron chi connectivity index (χ2n) is 7.22. The third-order valence-electron chi connectivity index (χ3n) is 4.96. The zero-order valence-electron chi connectivity index (χ0n) is 15.7. The van der Waals surface area contributed by atoms with E-state index >= 15 is 0 Å². The number of carbonyl (C=O) groups is 1. The molecule has 0 radical (unpaired) electrons. The van der Waals surface area contributed by atoms with Crippen molar-refractivity contribution in [3.8, 4) is 0 Å². The maximum Gasteiger partial charge on any atom is 0.451 e. The average molecular weight is 417 g/mol. The van der Waals surface area contributed by atoms with Gasteiger partial charge in [-0.3, -0.25) is 4.79 Å². The lowest BCUT2D eigenvalue weighted by Crippen LogP contribution is -2.49. The normalized spacial score (nSPS) is 20.5. The lowest BCUT2D eigenvalue weighted by molar-refractivity contribution is -0.149. The second-order valence-corrected chi connectivity index (χ2v) is 7.22. The van der Waals surface area contributed by atoms with E-state index in [-0.39, 0.29) is 30.8 Å². The monoisotopic (exact) mass is 417 g/mol. The van der Waals surface area contributed by atoms with Crippen molar-refractivity contribution >= 4 is 5.91 Å². The lowest BCUT2D eigenvalue weighted by atomic mass is 10.0. The fourth-order valence-corrected chi connectivity index (χ4v) is 3.72. The summed E-state index contributed by atoms with van der Waals surface area (Å²) in [5.41, 5.74) is 6.02. The summed E-state index contributed by atoms with van der Waals surface area (Å²) in [6, 6.07) is 0.904. The van der Waals surface area contributed by atoms with Gasteiger partial charge in [0.05, 0.1) is 6.04 Å². The van der Waals surface area contributed by atoms with Gasteiger partial charge in [-0.25, -0.2) is 8.78 Å². The van der Waals surface area contributed by atoms with Gasteiger partial charge in [0.15, 0.2) is 5.82 Å². The zero-order chi connectivity index (χ0) is 21.5. The van der Waals surface area contributed by atoms with Crippen molar-refractivity contribution in [3.63, 3.8) is 0 Å².